The van der Waals surface area contributed by atoms with Crippen LogP contribution in [0.15, 0.2) is 36.4 Å². The third-order valence-corrected chi connectivity index (χ3v) is 4.56. The summed E-state index contributed by atoms with van der Waals surface area (Å²) in [5.41, 5.74) is 1.17. The van der Waals surface area contributed by atoms with E-state index in [2.05, 4.69) is 10.6 Å². The van der Waals surface area contributed by atoms with E-state index >= 15 is 0 Å². The summed E-state index contributed by atoms with van der Waals surface area (Å²) in [7, 11) is 1.49. The number of benzene rings is 2. The number of ether oxygens (including phenoxy) is 2. The van der Waals surface area contributed by atoms with Gasteiger partial charge >= 0.3 is 0 Å². The maximum atomic E-state index is 12.8. The summed E-state index contributed by atoms with van der Waals surface area (Å²) in [5.74, 6) is 0.198. The van der Waals surface area contributed by atoms with Crippen LogP contribution in [-0.4, -0.2) is 31.6 Å². The van der Waals surface area contributed by atoms with E-state index in [0.717, 1.165) is 19.3 Å². The van der Waals surface area contributed by atoms with Gasteiger partial charge in [-0.15, -0.1) is 0 Å². The Morgan fingerprint density at radius 2 is 1.93 bits per heavy atom. The molecular formula is C21H23ClN2O4. The van der Waals surface area contributed by atoms with Gasteiger partial charge in [0, 0.05) is 11.6 Å². The molecule has 0 aliphatic heterocycles. The van der Waals surface area contributed by atoms with Crippen molar-refractivity contribution in [1.29, 1.82) is 0 Å². The first kappa shape index (κ1) is 20.0. The number of carbonyl (C=O) groups excluding carboxylic acids is 2. The summed E-state index contributed by atoms with van der Waals surface area (Å²) < 4.78 is 10.9. The van der Waals surface area contributed by atoms with Crippen LogP contribution in [0.2, 0.25) is 5.02 Å². The normalized spacial score (nSPS) is 13.0. The first-order valence-electron chi connectivity index (χ1n) is 9.25. The van der Waals surface area contributed by atoms with Crippen molar-refractivity contribution in [1.82, 2.24) is 5.32 Å². The quantitative estimate of drug-likeness (QED) is 0.690. The van der Waals surface area contributed by atoms with Crippen molar-refractivity contribution in [3.8, 4) is 11.5 Å². The largest absolute Gasteiger partial charge is 0.493 e. The number of hydrogen-bond acceptors (Lipinski definition) is 4. The SMILES string of the molecule is CCCOc1c(Cl)cc(C(=O)Nc2ccccc2C(=O)NC2CC2)cc1OC. The average molecular weight is 403 g/mol. The lowest BCUT2D eigenvalue weighted by Gasteiger charge is -2.15. The van der Waals surface area contributed by atoms with E-state index in [9.17, 15) is 9.59 Å². The van der Waals surface area contributed by atoms with Crippen LogP contribution in [0.3, 0.4) is 0 Å². The molecule has 0 aromatic heterocycles. The summed E-state index contributed by atoms with van der Waals surface area (Å²) in [5, 5.41) is 6.01. The zero-order valence-electron chi connectivity index (χ0n) is 15.9. The number of methoxy groups -OCH3 is 1. The molecule has 7 heteroatoms. The highest BCUT2D eigenvalue weighted by molar-refractivity contribution is 6.32. The van der Waals surface area contributed by atoms with E-state index in [0.29, 0.717) is 34.9 Å². The molecule has 0 unspecified atom stereocenters. The highest BCUT2D eigenvalue weighted by atomic mass is 35.5. The third kappa shape index (κ3) is 4.75. The number of carbonyl (C=O) groups is 2. The summed E-state index contributed by atoms with van der Waals surface area (Å²) in [6, 6.07) is 10.2. The lowest BCUT2D eigenvalue weighted by molar-refractivity contribution is 0.0952. The van der Waals surface area contributed by atoms with Gasteiger partial charge in [-0.2, -0.15) is 0 Å². The zero-order chi connectivity index (χ0) is 20.1. The number of nitrogens with one attached hydrogen (secondary N) is 2. The molecule has 1 aliphatic rings. The lowest BCUT2D eigenvalue weighted by Crippen LogP contribution is -2.27. The highest BCUT2D eigenvalue weighted by Crippen LogP contribution is 2.36. The van der Waals surface area contributed by atoms with Crippen molar-refractivity contribution in [3.63, 3.8) is 0 Å². The molecule has 6 nitrogen and oxygen atoms in total. The third-order valence-electron chi connectivity index (χ3n) is 4.27. The Labute approximate surface area is 169 Å². The van der Waals surface area contributed by atoms with Gasteiger partial charge in [0.1, 0.15) is 0 Å². The second kappa shape index (κ2) is 8.97. The van der Waals surface area contributed by atoms with Crippen molar-refractivity contribution >= 4 is 29.1 Å². The van der Waals surface area contributed by atoms with Gasteiger partial charge in [0.2, 0.25) is 0 Å². The topological polar surface area (TPSA) is 76.7 Å². The molecule has 3 rings (SSSR count). The molecular weight excluding hydrogens is 380 g/mol. The molecule has 2 aromatic rings. The molecule has 2 N–H and O–H groups in total. The van der Waals surface area contributed by atoms with Gasteiger partial charge < -0.3 is 20.1 Å². The maximum absolute atomic E-state index is 12.8. The molecule has 1 saturated carbocycles. The van der Waals surface area contributed by atoms with Crippen LogP contribution in [0.1, 0.15) is 46.9 Å². The molecule has 1 aliphatic carbocycles. The van der Waals surface area contributed by atoms with Crippen LogP contribution in [0.4, 0.5) is 5.69 Å². The van der Waals surface area contributed by atoms with Gasteiger partial charge in [-0.1, -0.05) is 30.7 Å². The van der Waals surface area contributed by atoms with Gasteiger partial charge in [0.15, 0.2) is 11.5 Å². The van der Waals surface area contributed by atoms with E-state index in [-0.39, 0.29) is 17.0 Å². The van der Waals surface area contributed by atoms with Crippen LogP contribution in [0.25, 0.3) is 0 Å². The number of para-hydroxylation sites is 1. The minimum Gasteiger partial charge on any atom is -0.493 e. The smallest absolute Gasteiger partial charge is 0.255 e. The molecule has 28 heavy (non-hydrogen) atoms. The standard InChI is InChI=1S/C21H23ClN2O4/c1-3-10-28-19-16(22)11-13(12-18(19)27-2)20(25)24-17-7-5-4-6-15(17)21(26)23-14-8-9-14/h4-7,11-12,14H,3,8-10H2,1-2H3,(H,23,26)(H,24,25). The predicted octanol–water partition coefficient (Wildman–Crippen LogP) is 4.28. The van der Waals surface area contributed by atoms with Crippen molar-refractivity contribution in [3.05, 3.63) is 52.5 Å². The molecule has 0 radical (unpaired) electrons. The van der Waals surface area contributed by atoms with Crippen molar-refractivity contribution in [2.45, 2.75) is 32.2 Å². The van der Waals surface area contributed by atoms with E-state index < -0.39 is 5.91 Å². The van der Waals surface area contributed by atoms with E-state index in [4.69, 9.17) is 21.1 Å². The minimum atomic E-state index is -0.395. The number of halogens is 1. The van der Waals surface area contributed by atoms with Crippen molar-refractivity contribution in [2.75, 3.05) is 19.0 Å². The minimum absolute atomic E-state index is 0.197. The summed E-state index contributed by atoms with van der Waals surface area (Å²) >= 11 is 6.29. The second-order valence-electron chi connectivity index (χ2n) is 6.59. The van der Waals surface area contributed by atoms with Gasteiger partial charge in [0.05, 0.1) is 30.0 Å². The Bertz CT molecular complexity index is 881. The van der Waals surface area contributed by atoms with Crippen molar-refractivity contribution in [2.24, 2.45) is 0 Å². The van der Waals surface area contributed by atoms with Crippen LogP contribution in [-0.2, 0) is 0 Å². The molecule has 0 saturated heterocycles. The van der Waals surface area contributed by atoms with Crippen LogP contribution in [0, 0.1) is 0 Å². The van der Waals surface area contributed by atoms with Crippen molar-refractivity contribution < 1.29 is 19.1 Å². The Hall–Kier alpha value is -2.73. The van der Waals surface area contributed by atoms with Crippen LogP contribution >= 0.6 is 11.6 Å². The second-order valence-corrected chi connectivity index (χ2v) is 6.99. The monoisotopic (exact) mass is 402 g/mol. The van der Waals surface area contributed by atoms with E-state index in [1.807, 2.05) is 6.92 Å². The number of amides is 2. The molecule has 1 fully saturated rings. The lowest BCUT2D eigenvalue weighted by atomic mass is 10.1. The summed E-state index contributed by atoms with van der Waals surface area (Å²) in [6.07, 6.45) is 2.80. The molecule has 2 amide bonds. The Morgan fingerprint density at radius 3 is 2.61 bits per heavy atom. The van der Waals surface area contributed by atoms with E-state index in [1.165, 1.54) is 13.2 Å². The first-order chi connectivity index (χ1) is 13.5. The van der Waals surface area contributed by atoms with Gasteiger partial charge in [0.25, 0.3) is 11.8 Å². The molecule has 0 bridgehead atoms. The maximum Gasteiger partial charge on any atom is 0.255 e. The van der Waals surface area contributed by atoms with Gasteiger partial charge in [-0.05, 0) is 43.5 Å². The fourth-order valence-electron chi connectivity index (χ4n) is 2.67. The average Bonchev–Trinajstić information content (AvgIpc) is 3.50. The molecule has 148 valence electrons. The number of anilines is 1. The van der Waals surface area contributed by atoms with Gasteiger partial charge in [-0.25, -0.2) is 0 Å². The fourth-order valence-corrected chi connectivity index (χ4v) is 2.94. The number of rotatable bonds is 8. The van der Waals surface area contributed by atoms with Crippen LogP contribution in [0.5, 0.6) is 11.5 Å². The molecule has 0 heterocycles. The van der Waals surface area contributed by atoms with E-state index in [1.54, 1.807) is 30.3 Å². The fraction of sp³-hybridized carbons (Fsp3) is 0.333. The predicted molar refractivity (Wildman–Crippen MR) is 109 cm³/mol. The highest BCUT2D eigenvalue weighted by Gasteiger charge is 2.25. The Morgan fingerprint density at radius 1 is 1.18 bits per heavy atom. The first-order valence-corrected chi connectivity index (χ1v) is 9.62. The Kier molecular flexibility index (Phi) is 6.41. The van der Waals surface area contributed by atoms with Crippen LogP contribution < -0.4 is 20.1 Å². The summed E-state index contributed by atoms with van der Waals surface area (Å²) in [4.78, 5) is 25.2. The van der Waals surface area contributed by atoms with Gasteiger partial charge in [-0.3, -0.25) is 9.59 Å². The zero-order valence-corrected chi connectivity index (χ0v) is 16.6. The summed E-state index contributed by atoms with van der Waals surface area (Å²) in [6.45, 7) is 2.48. The number of hydrogen-bond donors (Lipinski definition) is 2. The molecule has 2 aromatic carbocycles. The molecule has 0 spiro atoms. The molecule has 0 atom stereocenters. The Balaban J connectivity index is 1.81.